The van der Waals surface area contributed by atoms with Crippen LogP contribution >= 0.6 is 0 Å². The number of hydrogen-bond acceptors (Lipinski definition) is 11. The SMILES string of the molecule is C[C@@H]1O[C@@H](O[C@@H]2C(=O)c3c(O)cc(O)cc3O[C@@H]2c2cc(O)ccc2O)[C@@H](O)[C@H](O)[C@H]1O. The van der Waals surface area contributed by atoms with Gasteiger partial charge in [0.25, 0.3) is 0 Å². The number of rotatable bonds is 3. The van der Waals surface area contributed by atoms with Crippen molar-refractivity contribution >= 4 is 5.78 Å². The summed E-state index contributed by atoms with van der Waals surface area (Å²) in [5, 5.41) is 70.4. The molecule has 32 heavy (non-hydrogen) atoms. The summed E-state index contributed by atoms with van der Waals surface area (Å²) in [6.07, 6.45) is -10.3. The van der Waals surface area contributed by atoms with Gasteiger partial charge < -0.3 is 50.0 Å². The first-order valence-corrected chi connectivity index (χ1v) is 9.72. The Labute approximate surface area is 181 Å². The molecule has 0 bridgehead atoms. The first kappa shape index (κ1) is 22.1. The van der Waals surface area contributed by atoms with Gasteiger partial charge in [-0.25, -0.2) is 0 Å². The van der Waals surface area contributed by atoms with E-state index >= 15 is 0 Å². The molecule has 1 saturated heterocycles. The smallest absolute Gasteiger partial charge is 0.203 e. The maximum Gasteiger partial charge on any atom is 0.203 e. The van der Waals surface area contributed by atoms with Crippen molar-refractivity contribution in [1.29, 1.82) is 0 Å². The molecule has 2 aliphatic rings. The van der Waals surface area contributed by atoms with Crippen LogP contribution in [0.1, 0.15) is 28.9 Å². The Bertz CT molecular complexity index is 1040. The van der Waals surface area contributed by atoms with E-state index in [0.29, 0.717) is 0 Å². The Kier molecular flexibility index (Phi) is 5.61. The molecule has 0 aromatic heterocycles. The number of carbonyl (C=O) groups is 1. The molecule has 0 unspecified atom stereocenters. The van der Waals surface area contributed by atoms with Crippen molar-refractivity contribution in [2.45, 2.75) is 49.8 Å². The lowest BCUT2D eigenvalue weighted by molar-refractivity contribution is -0.304. The van der Waals surface area contributed by atoms with Gasteiger partial charge in [-0.1, -0.05) is 0 Å². The van der Waals surface area contributed by atoms with Crippen LogP contribution in [0.5, 0.6) is 28.7 Å². The molecule has 11 heteroatoms. The van der Waals surface area contributed by atoms with Gasteiger partial charge in [0, 0.05) is 17.7 Å². The second-order valence-corrected chi connectivity index (χ2v) is 7.72. The van der Waals surface area contributed by atoms with Crippen LogP contribution in [0.2, 0.25) is 0 Å². The normalized spacial score (nSPS) is 32.2. The number of phenolic OH excluding ortho intramolecular Hbond substituents is 4. The number of phenols is 4. The fraction of sp³-hybridized carbons (Fsp3) is 0.381. The summed E-state index contributed by atoms with van der Waals surface area (Å²) in [7, 11) is 0. The molecule has 2 aliphatic heterocycles. The van der Waals surface area contributed by atoms with Crippen molar-refractivity contribution in [2.75, 3.05) is 0 Å². The Morgan fingerprint density at radius 1 is 0.875 bits per heavy atom. The van der Waals surface area contributed by atoms with Gasteiger partial charge in [-0.05, 0) is 25.1 Å². The zero-order valence-electron chi connectivity index (χ0n) is 16.7. The van der Waals surface area contributed by atoms with Crippen LogP contribution in [0.3, 0.4) is 0 Å². The lowest BCUT2D eigenvalue weighted by Crippen LogP contribution is -2.59. The van der Waals surface area contributed by atoms with Crippen molar-refractivity contribution in [1.82, 2.24) is 0 Å². The second kappa shape index (κ2) is 8.11. The topological polar surface area (TPSA) is 186 Å². The Morgan fingerprint density at radius 2 is 1.59 bits per heavy atom. The Balaban J connectivity index is 1.77. The highest BCUT2D eigenvalue weighted by Gasteiger charge is 2.48. The summed E-state index contributed by atoms with van der Waals surface area (Å²) in [4.78, 5) is 13.3. The van der Waals surface area contributed by atoms with E-state index in [4.69, 9.17) is 14.2 Å². The van der Waals surface area contributed by atoms with E-state index in [0.717, 1.165) is 18.2 Å². The van der Waals surface area contributed by atoms with Gasteiger partial charge in [0.05, 0.1) is 6.10 Å². The van der Waals surface area contributed by atoms with Crippen molar-refractivity contribution in [3.63, 3.8) is 0 Å². The van der Waals surface area contributed by atoms with E-state index < -0.39 is 54.4 Å². The predicted octanol–water partition coefficient (Wildman–Crippen LogP) is 0.0381. The van der Waals surface area contributed by atoms with Crippen molar-refractivity contribution < 1.29 is 54.8 Å². The third kappa shape index (κ3) is 3.70. The minimum Gasteiger partial charge on any atom is -0.508 e. The van der Waals surface area contributed by atoms with E-state index in [1.54, 1.807) is 0 Å². The van der Waals surface area contributed by atoms with Gasteiger partial charge in [0.1, 0.15) is 52.6 Å². The molecule has 4 rings (SSSR count). The van der Waals surface area contributed by atoms with Crippen LogP contribution in [0.15, 0.2) is 30.3 Å². The van der Waals surface area contributed by atoms with Gasteiger partial charge >= 0.3 is 0 Å². The molecule has 7 N–H and O–H groups in total. The molecule has 2 aromatic carbocycles. The zero-order chi connectivity index (χ0) is 23.3. The summed E-state index contributed by atoms with van der Waals surface area (Å²) in [5.74, 6) is -2.61. The van der Waals surface area contributed by atoms with Gasteiger partial charge in [0.2, 0.25) is 5.78 Å². The van der Waals surface area contributed by atoms with Crippen molar-refractivity contribution in [2.24, 2.45) is 0 Å². The Hall–Kier alpha value is -3.09. The van der Waals surface area contributed by atoms with Crippen LogP contribution in [0.25, 0.3) is 0 Å². The maximum atomic E-state index is 13.3. The van der Waals surface area contributed by atoms with Crippen LogP contribution in [-0.2, 0) is 9.47 Å². The fourth-order valence-corrected chi connectivity index (χ4v) is 3.81. The molecule has 0 spiro atoms. The molecule has 2 aromatic rings. The third-order valence-corrected chi connectivity index (χ3v) is 5.51. The molecule has 0 aliphatic carbocycles. The van der Waals surface area contributed by atoms with Crippen molar-refractivity contribution in [3.8, 4) is 28.7 Å². The van der Waals surface area contributed by atoms with Crippen LogP contribution in [0.4, 0.5) is 0 Å². The highest BCUT2D eigenvalue weighted by Crippen LogP contribution is 2.45. The third-order valence-electron chi connectivity index (χ3n) is 5.51. The van der Waals surface area contributed by atoms with Crippen LogP contribution in [0, 0.1) is 0 Å². The summed E-state index contributed by atoms with van der Waals surface area (Å²) >= 11 is 0. The molecule has 172 valence electrons. The van der Waals surface area contributed by atoms with Crippen LogP contribution in [-0.4, -0.2) is 78.3 Å². The number of benzene rings is 2. The highest BCUT2D eigenvalue weighted by atomic mass is 16.7. The number of Topliss-reactive ketones (excluding diaryl/α,β-unsaturated/α-hetero) is 1. The largest absolute Gasteiger partial charge is 0.508 e. The standard InChI is InChI=1S/C21H22O11/c1-7-15(26)17(28)18(29)21(30-7)32-20-16(27)14-12(25)5-9(23)6-13(14)31-19(20)10-4-8(22)2-3-11(10)24/h2-7,15,17-26,28-29H,1H3/t7-,15-,17+,18-,19+,20+,21-/m0/s1. The summed E-state index contributed by atoms with van der Waals surface area (Å²) in [6, 6.07) is 5.52. The molecule has 2 heterocycles. The van der Waals surface area contributed by atoms with Crippen molar-refractivity contribution in [3.05, 3.63) is 41.5 Å². The average Bonchev–Trinajstić information content (AvgIpc) is 2.73. The van der Waals surface area contributed by atoms with Gasteiger partial charge in [-0.15, -0.1) is 0 Å². The van der Waals surface area contributed by atoms with Gasteiger partial charge in [0.15, 0.2) is 18.5 Å². The number of aliphatic hydroxyl groups excluding tert-OH is 3. The summed E-state index contributed by atoms with van der Waals surface area (Å²) < 4.78 is 16.8. The second-order valence-electron chi connectivity index (χ2n) is 7.72. The van der Waals surface area contributed by atoms with Gasteiger partial charge in [-0.2, -0.15) is 0 Å². The molecular formula is C21H22O11. The van der Waals surface area contributed by atoms with E-state index in [9.17, 15) is 40.5 Å². The van der Waals surface area contributed by atoms with E-state index in [2.05, 4.69) is 0 Å². The first-order chi connectivity index (χ1) is 15.1. The number of hydrogen-bond donors (Lipinski definition) is 7. The maximum absolute atomic E-state index is 13.3. The summed E-state index contributed by atoms with van der Waals surface area (Å²) in [5.41, 5.74) is -0.376. The molecule has 0 saturated carbocycles. The lowest BCUT2D eigenvalue weighted by atomic mass is 9.91. The molecule has 7 atom stereocenters. The predicted molar refractivity (Wildman–Crippen MR) is 104 cm³/mol. The Morgan fingerprint density at radius 3 is 2.31 bits per heavy atom. The van der Waals surface area contributed by atoms with E-state index in [1.165, 1.54) is 19.1 Å². The molecule has 0 amide bonds. The number of fused-ring (bicyclic) bond motifs is 1. The molecule has 0 radical (unpaired) electrons. The number of aliphatic hydroxyl groups is 3. The quantitative estimate of drug-likeness (QED) is 0.313. The van der Waals surface area contributed by atoms with Gasteiger partial charge in [-0.3, -0.25) is 4.79 Å². The first-order valence-electron chi connectivity index (χ1n) is 9.72. The zero-order valence-corrected chi connectivity index (χ0v) is 16.7. The van der Waals surface area contributed by atoms with E-state index in [-0.39, 0.29) is 34.1 Å². The summed E-state index contributed by atoms with van der Waals surface area (Å²) in [6.45, 7) is 1.43. The molecule has 11 nitrogen and oxygen atoms in total. The highest BCUT2D eigenvalue weighted by molar-refractivity contribution is 6.05. The number of aromatic hydroxyl groups is 4. The molecular weight excluding hydrogens is 428 g/mol. The van der Waals surface area contributed by atoms with E-state index in [1.807, 2.05) is 0 Å². The average molecular weight is 450 g/mol. The fourth-order valence-electron chi connectivity index (χ4n) is 3.81. The lowest BCUT2D eigenvalue weighted by Gasteiger charge is -2.42. The molecule has 1 fully saturated rings. The monoisotopic (exact) mass is 450 g/mol. The van der Waals surface area contributed by atoms with Crippen LogP contribution < -0.4 is 4.74 Å². The number of carbonyl (C=O) groups excluding carboxylic acids is 1. The minimum absolute atomic E-state index is 0.0595. The number of ether oxygens (including phenoxy) is 3. The minimum atomic E-state index is -1.73. The number of ketones is 1.